The zero-order valence-electron chi connectivity index (χ0n) is 14.6. The minimum atomic E-state index is -0.257. The van der Waals surface area contributed by atoms with Crippen LogP contribution in [0.15, 0.2) is 47.4 Å². The summed E-state index contributed by atoms with van der Waals surface area (Å²) in [7, 11) is 0. The molecule has 0 atom stereocenters. The number of phenolic OH excluding ortho intramolecular Hbond substituents is 1. The van der Waals surface area contributed by atoms with E-state index in [1.807, 2.05) is 12.1 Å². The number of thioether (sulfide) groups is 1. The van der Waals surface area contributed by atoms with Crippen LogP contribution in [0.2, 0.25) is 5.15 Å². The maximum Gasteiger partial charge on any atom is 0.270 e. The van der Waals surface area contributed by atoms with Gasteiger partial charge in [0.25, 0.3) is 5.91 Å². The van der Waals surface area contributed by atoms with Gasteiger partial charge in [-0.1, -0.05) is 35.6 Å². The second-order valence-electron chi connectivity index (χ2n) is 6.30. The fraction of sp³-hybridized carbons (Fsp3) is 0.0500. The first-order valence-electron chi connectivity index (χ1n) is 8.46. The number of nitrogens with zero attached hydrogens (tertiary/aromatic N) is 2. The Morgan fingerprint density at radius 3 is 2.66 bits per heavy atom. The second-order valence-corrected chi connectivity index (χ2v) is 8.33. The molecule has 1 saturated heterocycles. The van der Waals surface area contributed by atoms with Crippen molar-refractivity contribution in [2.24, 2.45) is 0 Å². The van der Waals surface area contributed by atoms with Gasteiger partial charge in [0.05, 0.1) is 16.1 Å². The van der Waals surface area contributed by atoms with Crippen LogP contribution in [-0.4, -0.2) is 27.1 Å². The minimum absolute atomic E-state index is 0.115. The number of benzene rings is 2. The molecule has 5 rings (SSSR count). The van der Waals surface area contributed by atoms with E-state index in [2.05, 4.69) is 4.98 Å². The monoisotopic (exact) mass is 442 g/mol. The number of aromatic nitrogens is 1. The highest BCUT2D eigenvalue weighted by Gasteiger charge is 2.33. The average Bonchev–Trinajstić information content (AvgIpc) is 3.25. The summed E-state index contributed by atoms with van der Waals surface area (Å²) in [4.78, 5) is 19.2. The predicted octanol–water partition coefficient (Wildman–Crippen LogP) is 4.73. The van der Waals surface area contributed by atoms with Crippen LogP contribution in [0.4, 0.5) is 5.69 Å². The van der Waals surface area contributed by atoms with Crippen molar-refractivity contribution in [3.63, 3.8) is 0 Å². The number of hydrogen-bond acceptors (Lipinski definition) is 7. The van der Waals surface area contributed by atoms with Crippen LogP contribution < -0.4 is 14.4 Å². The van der Waals surface area contributed by atoms with E-state index in [1.54, 1.807) is 24.3 Å². The molecule has 0 unspecified atom stereocenters. The Morgan fingerprint density at radius 1 is 1.17 bits per heavy atom. The molecule has 0 aliphatic carbocycles. The summed E-state index contributed by atoms with van der Waals surface area (Å²) in [6.07, 6.45) is 1.68. The standard InChI is InChI=1S/C20H11ClN2O4S2/c21-18-11(5-10-6-15-16(27-9-26-15)8-14(10)22-18)7-17-19(25)23(20(28)29-17)12-1-3-13(24)4-2-12/h1-8,24H,9H2. The van der Waals surface area contributed by atoms with Crippen molar-refractivity contribution in [2.45, 2.75) is 0 Å². The number of carbonyl (C=O) groups excluding carboxylic acids is 1. The summed E-state index contributed by atoms with van der Waals surface area (Å²) >= 11 is 12.9. The van der Waals surface area contributed by atoms with Gasteiger partial charge in [0.2, 0.25) is 6.79 Å². The quantitative estimate of drug-likeness (QED) is 0.349. The third kappa shape index (κ3) is 3.19. The number of pyridine rings is 1. The number of aromatic hydroxyl groups is 1. The molecule has 0 saturated carbocycles. The van der Waals surface area contributed by atoms with E-state index in [0.717, 1.165) is 5.39 Å². The smallest absolute Gasteiger partial charge is 0.270 e. The molecule has 2 aliphatic heterocycles. The Hall–Kier alpha value is -2.81. The molecular formula is C20H11ClN2O4S2. The van der Waals surface area contributed by atoms with E-state index in [1.165, 1.54) is 28.8 Å². The zero-order chi connectivity index (χ0) is 20.1. The molecule has 9 heteroatoms. The van der Waals surface area contributed by atoms with Crippen LogP contribution in [0.3, 0.4) is 0 Å². The average molecular weight is 443 g/mol. The lowest BCUT2D eigenvalue weighted by atomic mass is 10.1. The summed E-state index contributed by atoms with van der Waals surface area (Å²) < 4.78 is 11.2. The Labute approximate surface area is 179 Å². The third-order valence-electron chi connectivity index (χ3n) is 4.48. The number of carbonyl (C=O) groups is 1. The van der Waals surface area contributed by atoms with E-state index in [9.17, 15) is 9.90 Å². The number of hydrogen-bond donors (Lipinski definition) is 1. The molecule has 29 heavy (non-hydrogen) atoms. The fourth-order valence-corrected chi connectivity index (χ4v) is 4.58. The molecule has 3 heterocycles. The van der Waals surface area contributed by atoms with E-state index in [4.69, 9.17) is 33.3 Å². The molecule has 0 bridgehead atoms. The van der Waals surface area contributed by atoms with Gasteiger partial charge in [0.1, 0.15) is 10.9 Å². The van der Waals surface area contributed by atoms with E-state index in [0.29, 0.717) is 37.5 Å². The summed E-state index contributed by atoms with van der Waals surface area (Å²) in [5.41, 5.74) is 1.86. The lowest BCUT2D eigenvalue weighted by molar-refractivity contribution is -0.113. The highest BCUT2D eigenvalue weighted by atomic mass is 35.5. The molecule has 1 fully saturated rings. The van der Waals surface area contributed by atoms with Gasteiger partial charge in [-0.2, -0.15) is 0 Å². The first-order valence-corrected chi connectivity index (χ1v) is 10.1. The van der Waals surface area contributed by atoms with Crippen molar-refractivity contribution in [1.82, 2.24) is 4.98 Å². The van der Waals surface area contributed by atoms with Gasteiger partial charge in [-0.05, 0) is 42.5 Å². The van der Waals surface area contributed by atoms with Gasteiger partial charge in [0.15, 0.2) is 15.8 Å². The van der Waals surface area contributed by atoms with Gasteiger partial charge >= 0.3 is 0 Å². The fourth-order valence-electron chi connectivity index (χ4n) is 3.09. The molecule has 2 aromatic carbocycles. The SMILES string of the molecule is O=C1C(=Cc2cc3cc4c(cc3nc2Cl)OCO4)SC(=S)N1c1ccc(O)cc1. The van der Waals surface area contributed by atoms with Crippen LogP contribution in [-0.2, 0) is 4.79 Å². The Bertz CT molecular complexity index is 1230. The normalized spacial score (nSPS) is 17.0. The third-order valence-corrected chi connectivity index (χ3v) is 6.08. The molecule has 144 valence electrons. The number of rotatable bonds is 2. The summed E-state index contributed by atoms with van der Waals surface area (Å²) in [6, 6.07) is 11.7. The Morgan fingerprint density at radius 2 is 1.90 bits per heavy atom. The minimum Gasteiger partial charge on any atom is -0.508 e. The van der Waals surface area contributed by atoms with Gasteiger partial charge in [-0.25, -0.2) is 4.98 Å². The molecule has 0 radical (unpaired) electrons. The highest BCUT2D eigenvalue weighted by Crippen LogP contribution is 2.39. The van der Waals surface area contributed by atoms with Crippen LogP contribution in [0.5, 0.6) is 17.2 Å². The van der Waals surface area contributed by atoms with Crippen LogP contribution in [0, 0.1) is 0 Å². The van der Waals surface area contributed by atoms with Crippen molar-refractivity contribution in [3.8, 4) is 17.2 Å². The van der Waals surface area contributed by atoms with Crippen molar-refractivity contribution in [3.05, 3.63) is 58.1 Å². The Kier molecular flexibility index (Phi) is 4.34. The lowest BCUT2D eigenvalue weighted by Crippen LogP contribution is -2.27. The largest absolute Gasteiger partial charge is 0.508 e. The summed E-state index contributed by atoms with van der Waals surface area (Å²) in [5.74, 6) is 1.13. The maximum atomic E-state index is 12.9. The maximum absolute atomic E-state index is 12.9. The van der Waals surface area contributed by atoms with Crippen LogP contribution in [0.1, 0.15) is 5.56 Å². The van der Waals surface area contributed by atoms with Crippen molar-refractivity contribution in [1.29, 1.82) is 0 Å². The molecule has 0 spiro atoms. The number of phenols is 1. The molecule has 2 aliphatic rings. The van der Waals surface area contributed by atoms with Gasteiger partial charge < -0.3 is 14.6 Å². The molecule has 1 amide bonds. The lowest BCUT2D eigenvalue weighted by Gasteiger charge is -2.14. The molecule has 1 aromatic heterocycles. The topological polar surface area (TPSA) is 71.9 Å². The van der Waals surface area contributed by atoms with Crippen molar-refractivity contribution in [2.75, 3.05) is 11.7 Å². The Balaban J connectivity index is 1.53. The van der Waals surface area contributed by atoms with Crippen LogP contribution in [0.25, 0.3) is 17.0 Å². The van der Waals surface area contributed by atoms with E-state index < -0.39 is 0 Å². The number of thiocarbonyl (C=S) groups is 1. The predicted molar refractivity (Wildman–Crippen MR) is 117 cm³/mol. The number of anilines is 1. The van der Waals surface area contributed by atoms with Gasteiger partial charge in [-0.15, -0.1) is 0 Å². The first-order chi connectivity index (χ1) is 14.0. The molecule has 6 nitrogen and oxygen atoms in total. The zero-order valence-corrected chi connectivity index (χ0v) is 17.0. The van der Waals surface area contributed by atoms with Crippen molar-refractivity contribution >= 4 is 68.5 Å². The highest BCUT2D eigenvalue weighted by molar-refractivity contribution is 8.27. The van der Waals surface area contributed by atoms with E-state index >= 15 is 0 Å². The number of fused-ring (bicyclic) bond motifs is 2. The number of ether oxygens (including phenoxy) is 2. The second kappa shape index (κ2) is 6.91. The molecule has 3 aromatic rings. The van der Waals surface area contributed by atoms with Gasteiger partial charge in [-0.3, -0.25) is 9.69 Å². The summed E-state index contributed by atoms with van der Waals surface area (Å²) in [6.45, 7) is 0.173. The first kappa shape index (κ1) is 18.2. The van der Waals surface area contributed by atoms with Crippen LogP contribution >= 0.6 is 35.6 Å². The number of amides is 1. The van der Waals surface area contributed by atoms with Crippen molar-refractivity contribution < 1.29 is 19.4 Å². The molecule has 1 N–H and O–H groups in total. The van der Waals surface area contributed by atoms with Gasteiger partial charge in [0, 0.05) is 17.0 Å². The summed E-state index contributed by atoms with van der Waals surface area (Å²) in [5, 5.41) is 10.6. The molecular weight excluding hydrogens is 432 g/mol. The van der Waals surface area contributed by atoms with E-state index in [-0.39, 0.29) is 23.6 Å². The number of halogens is 1.